The molecule has 146 valence electrons. The third-order valence-corrected chi connectivity index (χ3v) is 6.12. The van der Waals surface area contributed by atoms with Crippen LogP contribution in [-0.4, -0.2) is 59.9 Å². The van der Waals surface area contributed by atoms with Crippen LogP contribution in [0.1, 0.15) is 48.9 Å². The number of rotatable bonds is 4. The second-order valence-corrected chi connectivity index (χ2v) is 8.12. The molecule has 6 heteroatoms. The maximum atomic E-state index is 13.9. The number of nitrogens with zero attached hydrogens (tertiary/aromatic N) is 2. The zero-order chi connectivity index (χ0) is 18.8. The number of halogens is 1. The van der Waals surface area contributed by atoms with Crippen molar-refractivity contribution in [1.82, 2.24) is 15.1 Å². The molecule has 4 rings (SSSR count). The number of hydrogen-bond donors (Lipinski definition) is 1. The Kier molecular flexibility index (Phi) is 5.43. The zero-order valence-electron chi connectivity index (χ0n) is 15.7. The summed E-state index contributed by atoms with van der Waals surface area (Å²) in [6.45, 7) is 3.14. The Labute approximate surface area is 159 Å². The topological polar surface area (TPSA) is 52.7 Å². The Bertz CT molecular complexity index is 698. The van der Waals surface area contributed by atoms with E-state index < -0.39 is 5.82 Å². The van der Waals surface area contributed by atoms with Gasteiger partial charge >= 0.3 is 0 Å². The Balaban J connectivity index is 1.30. The molecule has 1 atom stereocenters. The Morgan fingerprint density at radius 3 is 2.44 bits per heavy atom. The van der Waals surface area contributed by atoms with Gasteiger partial charge < -0.3 is 10.2 Å². The fraction of sp³-hybridized carbons (Fsp3) is 0.619. The summed E-state index contributed by atoms with van der Waals surface area (Å²) < 4.78 is 13.9. The predicted molar refractivity (Wildman–Crippen MR) is 101 cm³/mol. The first kappa shape index (κ1) is 18.4. The number of carbonyl (C=O) groups is 2. The van der Waals surface area contributed by atoms with Gasteiger partial charge in [-0.25, -0.2) is 4.39 Å². The van der Waals surface area contributed by atoms with E-state index in [1.807, 2.05) is 0 Å². The average Bonchev–Trinajstić information content (AvgIpc) is 3.52. The van der Waals surface area contributed by atoms with Gasteiger partial charge in [-0.15, -0.1) is 0 Å². The fourth-order valence-corrected chi connectivity index (χ4v) is 4.34. The number of nitrogens with one attached hydrogen (secondary N) is 1. The fourth-order valence-electron chi connectivity index (χ4n) is 4.34. The van der Waals surface area contributed by atoms with Gasteiger partial charge in [0.2, 0.25) is 5.91 Å². The van der Waals surface area contributed by atoms with E-state index >= 15 is 0 Å². The SMILES string of the molecule is O=C(NC1CC1)C1CCCN(C2CCN(C(=O)c3ccccc3F)CC2)C1. The maximum absolute atomic E-state index is 13.9. The molecular weight excluding hydrogens is 345 g/mol. The van der Waals surface area contributed by atoms with Gasteiger partial charge in [0.25, 0.3) is 5.91 Å². The van der Waals surface area contributed by atoms with Crippen molar-refractivity contribution in [3.05, 3.63) is 35.6 Å². The van der Waals surface area contributed by atoms with Gasteiger partial charge in [-0.05, 0) is 57.2 Å². The van der Waals surface area contributed by atoms with Crippen LogP contribution >= 0.6 is 0 Å². The number of carbonyl (C=O) groups excluding carboxylic acids is 2. The molecule has 2 aliphatic heterocycles. The first-order valence-electron chi connectivity index (χ1n) is 10.2. The molecule has 0 aromatic heterocycles. The van der Waals surface area contributed by atoms with E-state index in [1.165, 1.54) is 6.07 Å². The summed E-state index contributed by atoms with van der Waals surface area (Å²) in [6.07, 6.45) is 6.04. The summed E-state index contributed by atoms with van der Waals surface area (Å²) >= 11 is 0. The van der Waals surface area contributed by atoms with Crippen LogP contribution in [0.2, 0.25) is 0 Å². The second kappa shape index (κ2) is 7.97. The highest BCUT2D eigenvalue weighted by Gasteiger charge is 2.34. The van der Waals surface area contributed by atoms with E-state index in [9.17, 15) is 14.0 Å². The van der Waals surface area contributed by atoms with Gasteiger partial charge in [0, 0.05) is 31.7 Å². The predicted octanol–water partition coefficient (Wildman–Crippen LogP) is 2.42. The van der Waals surface area contributed by atoms with Crippen LogP contribution < -0.4 is 5.32 Å². The van der Waals surface area contributed by atoms with Crippen LogP contribution in [0.25, 0.3) is 0 Å². The molecule has 2 saturated heterocycles. The van der Waals surface area contributed by atoms with Crippen molar-refractivity contribution in [1.29, 1.82) is 0 Å². The maximum Gasteiger partial charge on any atom is 0.256 e. The molecule has 0 radical (unpaired) electrons. The van der Waals surface area contributed by atoms with Crippen molar-refractivity contribution >= 4 is 11.8 Å². The van der Waals surface area contributed by atoms with E-state index in [-0.39, 0.29) is 23.3 Å². The minimum atomic E-state index is -0.454. The van der Waals surface area contributed by atoms with E-state index in [1.54, 1.807) is 23.1 Å². The van der Waals surface area contributed by atoms with Crippen LogP contribution in [-0.2, 0) is 4.79 Å². The van der Waals surface area contributed by atoms with Crippen molar-refractivity contribution in [2.24, 2.45) is 5.92 Å². The zero-order valence-corrected chi connectivity index (χ0v) is 15.7. The molecule has 1 aromatic carbocycles. The van der Waals surface area contributed by atoms with Crippen molar-refractivity contribution in [3.63, 3.8) is 0 Å². The number of benzene rings is 1. The third-order valence-electron chi connectivity index (χ3n) is 6.12. The van der Waals surface area contributed by atoms with Crippen molar-refractivity contribution in [3.8, 4) is 0 Å². The molecular formula is C21H28FN3O2. The van der Waals surface area contributed by atoms with Crippen molar-refractivity contribution in [2.75, 3.05) is 26.2 Å². The molecule has 5 nitrogen and oxygen atoms in total. The van der Waals surface area contributed by atoms with E-state index in [4.69, 9.17) is 0 Å². The van der Waals surface area contributed by atoms with Crippen LogP contribution in [0, 0.1) is 11.7 Å². The Hall–Kier alpha value is -1.95. The lowest BCUT2D eigenvalue weighted by molar-refractivity contribution is -0.127. The minimum absolute atomic E-state index is 0.0948. The quantitative estimate of drug-likeness (QED) is 0.882. The van der Waals surface area contributed by atoms with Crippen molar-refractivity contribution in [2.45, 2.75) is 50.6 Å². The smallest absolute Gasteiger partial charge is 0.256 e. The Morgan fingerprint density at radius 2 is 1.74 bits per heavy atom. The Morgan fingerprint density at radius 1 is 1.00 bits per heavy atom. The highest BCUT2D eigenvalue weighted by molar-refractivity contribution is 5.94. The number of hydrogen-bond acceptors (Lipinski definition) is 3. The summed E-state index contributed by atoms with van der Waals surface area (Å²) in [4.78, 5) is 29.1. The normalized spacial score (nSPS) is 24.6. The van der Waals surface area contributed by atoms with E-state index in [0.717, 1.165) is 51.6 Å². The van der Waals surface area contributed by atoms with E-state index in [0.29, 0.717) is 25.2 Å². The first-order chi connectivity index (χ1) is 13.1. The molecule has 1 saturated carbocycles. The van der Waals surface area contributed by atoms with Gasteiger partial charge in [-0.3, -0.25) is 14.5 Å². The lowest BCUT2D eigenvalue weighted by Crippen LogP contribution is -2.51. The van der Waals surface area contributed by atoms with Gasteiger partial charge in [0.05, 0.1) is 11.5 Å². The lowest BCUT2D eigenvalue weighted by Gasteiger charge is -2.42. The summed E-state index contributed by atoms with van der Waals surface area (Å²) in [5, 5.41) is 3.14. The number of amides is 2. The molecule has 2 amide bonds. The summed E-state index contributed by atoms with van der Waals surface area (Å²) in [7, 11) is 0. The van der Waals surface area contributed by atoms with Gasteiger partial charge in [-0.2, -0.15) is 0 Å². The molecule has 27 heavy (non-hydrogen) atoms. The van der Waals surface area contributed by atoms with E-state index in [2.05, 4.69) is 10.2 Å². The highest BCUT2D eigenvalue weighted by Crippen LogP contribution is 2.26. The standard InChI is InChI=1S/C21H28FN3O2/c22-19-6-2-1-5-18(19)21(27)24-12-9-17(10-13-24)25-11-3-4-15(14-25)20(26)23-16-7-8-16/h1-2,5-6,15-17H,3-4,7-14H2,(H,23,26). The van der Waals surface area contributed by atoms with Gasteiger partial charge in [0.1, 0.15) is 5.82 Å². The van der Waals surface area contributed by atoms with Crippen LogP contribution in [0.4, 0.5) is 4.39 Å². The first-order valence-corrected chi connectivity index (χ1v) is 10.2. The van der Waals surface area contributed by atoms with Crippen LogP contribution in [0.5, 0.6) is 0 Å². The molecule has 1 N–H and O–H groups in total. The van der Waals surface area contributed by atoms with Crippen molar-refractivity contribution < 1.29 is 14.0 Å². The largest absolute Gasteiger partial charge is 0.353 e. The molecule has 3 fully saturated rings. The van der Waals surface area contributed by atoms with Crippen LogP contribution in [0.15, 0.2) is 24.3 Å². The minimum Gasteiger partial charge on any atom is -0.353 e. The third kappa shape index (κ3) is 4.32. The lowest BCUT2D eigenvalue weighted by atomic mass is 9.93. The van der Waals surface area contributed by atoms with Crippen LogP contribution in [0.3, 0.4) is 0 Å². The molecule has 1 aliphatic carbocycles. The monoisotopic (exact) mass is 373 g/mol. The molecule has 2 heterocycles. The second-order valence-electron chi connectivity index (χ2n) is 8.12. The molecule has 1 unspecified atom stereocenters. The highest BCUT2D eigenvalue weighted by atomic mass is 19.1. The molecule has 0 spiro atoms. The summed E-state index contributed by atoms with van der Waals surface area (Å²) in [5.74, 6) is -0.358. The molecule has 0 bridgehead atoms. The molecule has 1 aromatic rings. The summed E-state index contributed by atoms with van der Waals surface area (Å²) in [5.41, 5.74) is 0.158. The number of likely N-dealkylation sites (tertiary alicyclic amines) is 2. The number of piperidine rings is 2. The summed E-state index contributed by atoms with van der Waals surface area (Å²) in [6, 6.07) is 7.01. The molecule has 3 aliphatic rings. The van der Waals surface area contributed by atoms with Gasteiger partial charge in [-0.1, -0.05) is 12.1 Å². The average molecular weight is 373 g/mol. The van der Waals surface area contributed by atoms with Gasteiger partial charge in [0.15, 0.2) is 0 Å².